The number of anilines is 1. The summed E-state index contributed by atoms with van der Waals surface area (Å²) in [4.78, 5) is 4.21. The summed E-state index contributed by atoms with van der Waals surface area (Å²) in [5, 5.41) is 12.4. The van der Waals surface area contributed by atoms with Crippen LogP contribution in [0.5, 0.6) is 17.2 Å². The molecular formula is C22H21N3O4. The van der Waals surface area contributed by atoms with Crippen molar-refractivity contribution >= 4 is 18.0 Å². The average Bonchev–Trinajstić information content (AvgIpc) is 3.18. The quantitative estimate of drug-likeness (QED) is 0.610. The molecule has 1 N–H and O–H groups in total. The molecule has 0 amide bonds. The molecule has 0 saturated carbocycles. The molecule has 3 aromatic rings. The van der Waals surface area contributed by atoms with E-state index in [2.05, 4.69) is 10.3 Å². The van der Waals surface area contributed by atoms with Gasteiger partial charge in [-0.15, -0.1) is 0 Å². The van der Waals surface area contributed by atoms with E-state index in [-0.39, 0.29) is 5.69 Å². The van der Waals surface area contributed by atoms with E-state index in [0.29, 0.717) is 29.8 Å². The Morgan fingerprint density at radius 2 is 1.76 bits per heavy atom. The topological polar surface area (TPSA) is 89.5 Å². The van der Waals surface area contributed by atoms with Crippen LogP contribution in [0.3, 0.4) is 0 Å². The molecule has 1 aromatic heterocycles. The lowest BCUT2D eigenvalue weighted by Gasteiger charge is -2.07. The maximum Gasteiger partial charge on any atom is 0.232 e. The molecule has 0 aliphatic heterocycles. The minimum Gasteiger partial charge on any atom is -0.497 e. The van der Waals surface area contributed by atoms with Crippen molar-refractivity contribution < 1.29 is 18.6 Å². The van der Waals surface area contributed by atoms with E-state index in [4.69, 9.17) is 18.6 Å². The third-order valence-corrected chi connectivity index (χ3v) is 4.19. The summed E-state index contributed by atoms with van der Waals surface area (Å²) in [6.07, 6.45) is 3.52. The van der Waals surface area contributed by atoms with Gasteiger partial charge in [0.25, 0.3) is 0 Å². The van der Waals surface area contributed by atoms with Gasteiger partial charge in [-0.3, -0.25) is 0 Å². The minimum atomic E-state index is 0.200. The van der Waals surface area contributed by atoms with Crippen LogP contribution in [0.4, 0.5) is 5.88 Å². The molecule has 0 aliphatic rings. The van der Waals surface area contributed by atoms with E-state index in [9.17, 15) is 5.26 Å². The van der Waals surface area contributed by atoms with Gasteiger partial charge < -0.3 is 23.9 Å². The van der Waals surface area contributed by atoms with Gasteiger partial charge in [0.15, 0.2) is 11.5 Å². The molecule has 0 atom stereocenters. The fourth-order valence-electron chi connectivity index (χ4n) is 2.65. The Labute approximate surface area is 169 Å². The Bertz CT molecular complexity index is 1030. The van der Waals surface area contributed by atoms with E-state index in [1.807, 2.05) is 54.6 Å². The van der Waals surface area contributed by atoms with Gasteiger partial charge in [-0.25, -0.2) is 0 Å². The highest BCUT2D eigenvalue weighted by Crippen LogP contribution is 2.28. The number of rotatable bonds is 8. The Hall–Kier alpha value is -3.92. The molecule has 7 heteroatoms. The van der Waals surface area contributed by atoms with E-state index < -0.39 is 0 Å². The monoisotopic (exact) mass is 391 g/mol. The largest absolute Gasteiger partial charge is 0.497 e. The van der Waals surface area contributed by atoms with Crippen molar-refractivity contribution in [2.75, 3.05) is 26.6 Å². The molecule has 1 heterocycles. The molecule has 0 saturated heterocycles. The van der Waals surface area contributed by atoms with Crippen LogP contribution in [0.1, 0.15) is 22.7 Å². The first kappa shape index (κ1) is 19.8. The van der Waals surface area contributed by atoms with Gasteiger partial charge in [0, 0.05) is 12.6 Å². The van der Waals surface area contributed by atoms with E-state index >= 15 is 0 Å². The van der Waals surface area contributed by atoms with Crippen LogP contribution in [0.15, 0.2) is 46.9 Å². The molecule has 0 unspecified atom stereocenters. The zero-order valence-electron chi connectivity index (χ0n) is 16.4. The van der Waals surface area contributed by atoms with E-state index in [0.717, 1.165) is 16.9 Å². The molecule has 7 nitrogen and oxygen atoms in total. The SMILES string of the molecule is COc1ccc(CNc2oc(C=Cc3ccc(OC)c(OC)c3)nc2C#N)cc1. The number of oxazole rings is 1. The van der Waals surface area contributed by atoms with Crippen molar-refractivity contribution in [3.8, 4) is 23.3 Å². The standard InChI is InChI=1S/C22H21N3O4/c1-26-17-8-4-16(5-9-17)14-24-22-18(13-23)25-21(29-22)11-7-15-6-10-19(27-2)20(12-15)28-3/h4-12,24H,14H2,1-3H3. The highest BCUT2D eigenvalue weighted by Gasteiger charge is 2.11. The first-order valence-electron chi connectivity index (χ1n) is 8.84. The Morgan fingerprint density at radius 1 is 1.00 bits per heavy atom. The number of nitrogens with one attached hydrogen (secondary N) is 1. The normalized spacial score (nSPS) is 10.6. The van der Waals surface area contributed by atoms with Crippen LogP contribution >= 0.6 is 0 Å². The number of nitrogens with zero attached hydrogens (tertiary/aromatic N) is 2. The van der Waals surface area contributed by atoms with Gasteiger partial charge in [-0.05, 0) is 41.5 Å². The minimum absolute atomic E-state index is 0.200. The van der Waals surface area contributed by atoms with Crippen LogP contribution in [-0.2, 0) is 6.54 Å². The van der Waals surface area contributed by atoms with Crippen molar-refractivity contribution in [3.63, 3.8) is 0 Å². The smallest absolute Gasteiger partial charge is 0.232 e. The molecule has 29 heavy (non-hydrogen) atoms. The molecule has 3 rings (SSSR count). The zero-order chi connectivity index (χ0) is 20.6. The lowest BCUT2D eigenvalue weighted by Crippen LogP contribution is -1.99. The Kier molecular flexibility index (Phi) is 6.38. The van der Waals surface area contributed by atoms with E-state index in [1.54, 1.807) is 27.4 Å². The summed E-state index contributed by atoms with van der Waals surface area (Å²) in [6.45, 7) is 0.493. The number of aromatic nitrogens is 1. The van der Waals surface area contributed by atoms with Crippen LogP contribution in [-0.4, -0.2) is 26.3 Å². The predicted molar refractivity (Wildman–Crippen MR) is 110 cm³/mol. The number of nitriles is 1. The first-order valence-corrected chi connectivity index (χ1v) is 8.84. The lowest BCUT2D eigenvalue weighted by molar-refractivity contribution is 0.355. The second-order valence-corrected chi connectivity index (χ2v) is 5.99. The third kappa shape index (κ3) is 4.87. The predicted octanol–water partition coefficient (Wildman–Crippen LogP) is 4.35. The molecule has 0 radical (unpaired) electrons. The molecular weight excluding hydrogens is 370 g/mol. The molecule has 2 aromatic carbocycles. The first-order chi connectivity index (χ1) is 14.2. The number of hydrogen-bond donors (Lipinski definition) is 1. The fraction of sp³-hybridized carbons (Fsp3) is 0.182. The van der Waals surface area contributed by atoms with Crippen molar-refractivity contribution in [1.29, 1.82) is 5.26 Å². The van der Waals surface area contributed by atoms with Gasteiger partial charge in [-0.2, -0.15) is 10.2 Å². The maximum atomic E-state index is 9.32. The molecule has 0 fully saturated rings. The molecule has 148 valence electrons. The third-order valence-electron chi connectivity index (χ3n) is 4.19. The second kappa shape index (κ2) is 9.33. The van der Waals surface area contributed by atoms with Crippen molar-refractivity contribution in [3.05, 3.63) is 65.2 Å². The number of methoxy groups -OCH3 is 3. The van der Waals surface area contributed by atoms with Crippen LogP contribution in [0, 0.1) is 11.3 Å². The highest BCUT2D eigenvalue weighted by molar-refractivity contribution is 5.69. The average molecular weight is 391 g/mol. The summed E-state index contributed by atoms with van der Waals surface area (Å²) >= 11 is 0. The van der Waals surface area contributed by atoms with Gasteiger partial charge in [0.05, 0.1) is 21.3 Å². The number of ether oxygens (including phenoxy) is 3. The lowest BCUT2D eigenvalue weighted by atomic mass is 10.2. The zero-order valence-corrected chi connectivity index (χ0v) is 16.4. The highest BCUT2D eigenvalue weighted by atomic mass is 16.5. The van der Waals surface area contributed by atoms with Crippen molar-refractivity contribution in [1.82, 2.24) is 4.98 Å². The Morgan fingerprint density at radius 3 is 2.41 bits per heavy atom. The Balaban J connectivity index is 1.72. The second-order valence-electron chi connectivity index (χ2n) is 5.99. The van der Waals surface area contributed by atoms with Crippen LogP contribution < -0.4 is 19.5 Å². The number of hydrogen-bond acceptors (Lipinski definition) is 7. The molecule has 0 aliphatic carbocycles. The van der Waals surface area contributed by atoms with E-state index in [1.165, 1.54) is 0 Å². The maximum absolute atomic E-state index is 9.32. The van der Waals surface area contributed by atoms with Gasteiger partial charge in [0.2, 0.25) is 17.5 Å². The van der Waals surface area contributed by atoms with Crippen molar-refractivity contribution in [2.24, 2.45) is 0 Å². The fourth-order valence-corrected chi connectivity index (χ4v) is 2.65. The van der Waals surface area contributed by atoms with Gasteiger partial charge in [0.1, 0.15) is 11.8 Å². The molecule has 0 bridgehead atoms. The number of benzene rings is 2. The van der Waals surface area contributed by atoms with Crippen LogP contribution in [0.2, 0.25) is 0 Å². The van der Waals surface area contributed by atoms with Gasteiger partial charge in [-0.1, -0.05) is 18.2 Å². The van der Waals surface area contributed by atoms with Gasteiger partial charge >= 0.3 is 0 Å². The summed E-state index contributed by atoms with van der Waals surface area (Å²) < 4.78 is 21.4. The molecule has 0 spiro atoms. The summed E-state index contributed by atoms with van der Waals surface area (Å²) in [7, 11) is 4.79. The van der Waals surface area contributed by atoms with Crippen LogP contribution in [0.25, 0.3) is 12.2 Å². The van der Waals surface area contributed by atoms with Crippen molar-refractivity contribution in [2.45, 2.75) is 6.54 Å². The summed E-state index contributed by atoms with van der Waals surface area (Å²) in [5.41, 5.74) is 2.10. The summed E-state index contributed by atoms with van der Waals surface area (Å²) in [6, 6.07) is 15.2. The summed E-state index contributed by atoms with van der Waals surface area (Å²) in [5.74, 6) is 2.72.